The highest BCUT2D eigenvalue weighted by Crippen LogP contribution is 2.12. The SMILES string of the molecule is CC/C=C/C=C/C=C/C=C/C=C/C=C/CCCCCC(=O)OC(COCCC(C(=O)O)[N+](C)(C)C)COC(=O)CCCCCCCCCC. The number of carbonyl (C=O) groups is 3. The minimum Gasteiger partial charge on any atom is -0.477 e. The molecule has 0 bridgehead atoms. The van der Waals surface area contributed by atoms with Crippen LogP contribution in [0.1, 0.15) is 117 Å². The fourth-order valence-electron chi connectivity index (χ4n) is 4.89. The third kappa shape index (κ3) is 30.6. The molecule has 278 valence electrons. The van der Waals surface area contributed by atoms with E-state index in [-0.39, 0.29) is 42.7 Å². The summed E-state index contributed by atoms with van der Waals surface area (Å²) in [5, 5.41) is 9.56. The molecule has 8 heteroatoms. The number of carboxylic acids is 1. The Balaban J connectivity index is 4.55. The van der Waals surface area contributed by atoms with Gasteiger partial charge in [0.15, 0.2) is 12.1 Å². The number of aliphatic carboxylic acids is 1. The number of esters is 2. The van der Waals surface area contributed by atoms with Gasteiger partial charge >= 0.3 is 17.9 Å². The molecular formula is C41H68NO7+. The fraction of sp³-hybridized carbons (Fsp3) is 0.634. The molecule has 8 nitrogen and oxygen atoms in total. The Bertz CT molecular complexity index is 1030. The van der Waals surface area contributed by atoms with Crippen LogP contribution in [0, 0.1) is 0 Å². The predicted octanol–water partition coefficient (Wildman–Crippen LogP) is 9.24. The lowest BCUT2D eigenvalue weighted by Crippen LogP contribution is -2.50. The zero-order valence-electron chi connectivity index (χ0n) is 31.4. The molecule has 0 spiro atoms. The molecule has 0 aromatic carbocycles. The largest absolute Gasteiger partial charge is 0.477 e. The lowest BCUT2D eigenvalue weighted by molar-refractivity contribution is -0.887. The summed E-state index contributed by atoms with van der Waals surface area (Å²) in [6.45, 7) is 4.47. The molecule has 0 saturated heterocycles. The van der Waals surface area contributed by atoms with Crippen LogP contribution in [-0.4, -0.2) is 80.6 Å². The number of likely N-dealkylation sites (N-methyl/N-ethyl adjacent to an activating group) is 1. The van der Waals surface area contributed by atoms with Crippen molar-refractivity contribution >= 4 is 17.9 Å². The molecule has 0 aliphatic carbocycles. The van der Waals surface area contributed by atoms with Crippen LogP contribution in [0.5, 0.6) is 0 Å². The lowest BCUT2D eigenvalue weighted by atomic mass is 10.1. The molecule has 2 unspecified atom stereocenters. The van der Waals surface area contributed by atoms with Crippen molar-refractivity contribution in [3.05, 3.63) is 72.9 Å². The summed E-state index contributed by atoms with van der Waals surface area (Å²) in [7, 11) is 5.48. The summed E-state index contributed by atoms with van der Waals surface area (Å²) in [5.41, 5.74) is 0. The Kier molecular flexibility index (Phi) is 29.9. The van der Waals surface area contributed by atoms with E-state index in [9.17, 15) is 19.5 Å². The van der Waals surface area contributed by atoms with Gasteiger partial charge in [-0.25, -0.2) is 4.79 Å². The van der Waals surface area contributed by atoms with E-state index in [0.29, 0.717) is 19.3 Å². The van der Waals surface area contributed by atoms with E-state index in [2.05, 4.69) is 26.0 Å². The van der Waals surface area contributed by atoms with E-state index >= 15 is 0 Å². The third-order valence-corrected chi connectivity index (χ3v) is 7.78. The maximum absolute atomic E-state index is 12.6. The molecule has 0 aromatic rings. The summed E-state index contributed by atoms with van der Waals surface area (Å²) in [6.07, 6.45) is 38.1. The first-order chi connectivity index (χ1) is 23.6. The van der Waals surface area contributed by atoms with E-state index in [1.807, 2.05) is 81.9 Å². The van der Waals surface area contributed by atoms with E-state index in [0.717, 1.165) is 44.9 Å². The van der Waals surface area contributed by atoms with Gasteiger partial charge in [-0.2, -0.15) is 0 Å². The minimum atomic E-state index is -0.888. The first-order valence-electron chi connectivity index (χ1n) is 18.6. The number of allylic oxidation sites excluding steroid dienone is 12. The van der Waals surface area contributed by atoms with Crippen molar-refractivity contribution in [3.63, 3.8) is 0 Å². The highest BCUT2D eigenvalue weighted by molar-refractivity contribution is 5.72. The van der Waals surface area contributed by atoms with Gasteiger partial charge in [-0.3, -0.25) is 9.59 Å². The van der Waals surface area contributed by atoms with Crippen LogP contribution >= 0.6 is 0 Å². The molecule has 1 N–H and O–H groups in total. The maximum atomic E-state index is 12.6. The van der Waals surface area contributed by atoms with Gasteiger partial charge < -0.3 is 23.8 Å². The highest BCUT2D eigenvalue weighted by atomic mass is 16.6. The van der Waals surface area contributed by atoms with Crippen LogP contribution in [0.3, 0.4) is 0 Å². The maximum Gasteiger partial charge on any atom is 0.362 e. The Morgan fingerprint density at radius 2 is 1.14 bits per heavy atom. The Morgan fingerprint density at radius 1 is 0.633 bits per heavy atom. The zero-order chi connectivity index (χ0) is 36.4. The van der Waals surface area contributed by atoms with E-state index in [1.54, 1.807) is 0 Å². The van der Waals surface area contributed by atoms with Gasteiger partial charge in [0, 0.05) is 19.3 Å². The molecule has 0 heterocycles. The standard InChI is InChI=1S/C41H67NO7/c1-6-8-10-12-14-16-17-18-19-20-21-22-23-24-26-28-30-32-40(44)49-37(35-47-34-33-38(41(45)46)42(3,4)5)36-48-39(43)31-29-27-25-15-13-11-9-7-2/h8,10,12,14,16-23,37-38H,6-7,9,11,13,15,24-36H2,1-5H3/p+1/b10-8+,14-12+,17-16+,19-18+,21-20+,23-22+. The third-order valence-electron chi connectivity index (χ3n) is 7.78. The molecule has 0 aliphatic heterocycles. The summed E-state index contributed by atoms with van der Waals surface area (Å²) in [5.74, 6) is -1.54. The molecule has 0 fully saturated rings. The van der Waals surface area contributed by atoms with Crippen LogP contribution in [-0.2, 0) is 28.6 Å². The smallest absolute Gasteiger partial charge is 0.362 e. The van der Waals surface area contributed by atoms with E-state index in [4.69, 9.17) is 14.2 Å². The number of carboxylic acid groups (broad SMARTS) is 1. The predicted molar refractivity (Wildman–Crippen MR) is 201 cm³/mol. The van der Waals surface area contributed by atoms with Crippen molar-refractivity contribution < 1.29 is 38.2 Å². The van der Waals surface area contributed by atoms with E-state index in [1.165, 1.54) is 32.1 Å². The fourth-order valence-corrected chi connectivity index (χ4v) is 4.89. The Morgan fingerprint density at radius 3 is 1.69 bits per heavy atom. The molecule has 2 atom stereocenters. The first-order valence-corrected chi connectivity index (χ1v) is 18.6. The van der Waals surface area contributed by atoms with Crippen molar-refractivity contribution in [1.29, 1.82) is 0 Å². The van der Waals surface area contributed by atoms with Crippen LogP contribution < -0.4 is 0 Å². The van der Waals surface area contributed by atoms with Gasteiger partial charge in [0.2, 0.25) is 0 Å². The summed E-state index contributed by atoms with van der Waals surface area (Å²) < 4.78 is 17.1. The topological polar surface area (TPSA) is 99.1 Å². The van der Waals surface area contributed by atoms with Crippen LogP contribution in [0.15, 0.2) is 72.9 Å². The molecular weight excluding hydrogens is 618 g/mol. The zero-order valence-corrected chi connectivity index (χ0v) is 31.4. The number of carbonyl (C=O) groups excluding carboxylic acids is 2. The number of ether oxygens (including phenoxy) is 3. The van der Waals surface area contributed by atoms with E-state index < -0.39 is 18.1 Å². The molecule has 0 aliphatic rings. The Labute approximate surface area is 298 Å². The number of unbranched alkanes of at least 4 members (excludes halogenated alkanes) is 10. The lowest BCUT2D eigenvalue weighted by Gasteiger charge is -2.31. The monoisotopic (exact) mass is 686 g/mol. The van der Waals surface area contributed by atoms with Crippen LogP contribution in [0.4, 0.5) is 0 Å². The molecule has 0 aromatic heterocycles. The van der Waals surface area contributed by atoms with Gasteiger partial charge in [-0.15, -0.1) is 0 Å². The average molecular weight is 687 g/mol. The van der Waals surface area contributed by atoms with Crippen molar-refractivity contribution in [2.75, 3.05) is 41.0 Å². The van der Waals surface area contributed by atoms with Crippen LogP contribution in [0.25, 0.3) is 0 Å². The number of rotatable bonds is 31. The molecule has 0 amide bonds. The second kappa shape index (κ2) is 32.0. The second-order valence-electron chi connectivity index (χ2n) is 13.3. The molecule has 49 heavy (non-hydrogen) atoms. The summed E-state index contributed by atoms with van der Waals surface area (Å²) in [6, 6.07) is -0.624. The van der Waals surface area contributed by atoms with Crippen molar-refractivity contribution in [3.8, 4) is 0 Å². The second-order valence-corrected chi connectivity index (χ2v) is 13.3. The summed E-state index contributed by atoms with van der Waals surface area (Å²) in [4.78, 5) is 36.7. The average Bonchev–Trinajstić information content (AvgIpc) is 3.05. The van der Waals surface area contributed by atoms with Gasteiger partial charge in [0.1, 0.15) is 6.61 Å². The van der Waals surface area contributed by atoms with Crippen molar-refractivity contribution in [2.24, 2.45) is 0 Å². The van der Waals surface area contributed by atoms with Gasteiger partial charge in [-0.1, -0.05) is 138 Å². The normalized spacial score (nSPS) is 13.9. The van der Waals surface area contributed by atoms with Crippen LogP contribution in [0.2, 0.25) is 0 Å². The number of hydrogen-bond donors (Lipinski definition) is 1. The first kappa shape index (κ1) is 45.8. The number of quaternary nitrogens is 1. The number of nitrogens with zero attached hydrogens (tertiary/aromatic N) is 1. The van der Waals surface area contributed by atoms with Gasteiger partial charge in [0.05, 0.1) is 34.4 Å². The number of hydrogen-bond acceptors (Lipinski definition) is 6. The molecule has 0 radical (unpaired) electrons. The highest BCUT2D eigenvalue weighted by Gasteiger charge is 2.31. The van der Waals surface area contributed by atoms with Crippen molar-refractivity contribution in [2.45, 2.75) is 129 Å². The molecule has 0 saturated carbocycles. The minimum absolute atomic E-state index is 0.0394. The Hall–Kier alpha value is -3.23. The quantitative estimate of drug-likeness (QED) is 0.0336. The summed E-state index contributed by atoms with van der Waals surface area (Å²) >= 11 is 0. The van der Waals surface area contributed by atoms with Crippen molar-refractivity contribution in [1.82, 2.24) is 0 Å². The molecule has 0 rings (SSSR count). The van der Waals surface area contributed by atoms with Gasteiger partial charge in [0.25, 0.3) is 0 Å². The van der Waals surface area contributed by atoms with Gasteiger partial charge in [-0.05, 0) is 32.1 Å².